The monoisotopic (exact) mass is 365 g/mol. The highest BCUT2D eigenvalue weighted by atomic mass is 79.9. The van der Waals surface area contributed by atoms with Gasteiger partial charge in [0.1, 0.15) is 5.60 Å². The molecule has 0 radical (unpaired) electrons. The van der Waals surface area contributed by atoms with E-state index >= 15 is 0 Å². The molecule has 5 nitrogen and oxygen atoms in total. The van der Waals surface area contributed by atoms with Crippen molar-refractivity contribution in [3.8, 4) is 0 Å². The van der Waals surface area contributed by atoms with Crippen molar-refractivity contribution in [2.75, 3.05) is 6.61 Å². The van der Waals surface area contributed by atoms with Crippen LogP contribution in [0, 0.1) is 10.1 Å². The zero-order valence-corrected chi connectivity index (χ0v) is 13.4. The number of benzene rings is 2. The van der Waals surface area contributed by atoms with Crippen LogP contribution < -0.4 is 0 Å². The quantitative estimate of drug-likeness (QED) is 0.607. The Kier molecular flexibility index (Phi) is 5.28. The maximum Gasteiger partial charge on any atom is 0.269 e. The summed E-state index contributed by atoms with van der Waals surface area (Å²) in [6, 6.07) is 13.1. The van der Waals surface area contributed by atoms with Crippen molar-refractivity contribution >= 4 is 21.6 Å². The van der Waals surface area contributed by atoms with Crippen LogP contribution in [0.5, 0.6) is 0 Å². The van der Waals surface area contributed by atoms with Crippen LogP contribution in [0.2, 0.25) is 0 Å². The lowest BCUT2D eigenvalue weighted by atomic mass is 9.82. The largest absolute Gasteiger partial charge is 0.396 e. The van der Waals surface area contributed by atoms with Gasteiger partial charge in [-0.25, -0.2) is 0 Å². The average Bonchev–Trinajstić information content (AvgIpc) is 2.53. The highest BCUT2D eigenvalue weighted by Gasteiger charge is 2.31. The normalized spacial score (nSPS) is 13.6. The number of hydrogen-bond donors (Lipinski definition) is 2. The Bertz CT molecular complexity index is 642. The zero-order chi connectivity index (χ0) is 16.2. The highest BCUT2D eigenvalue weighted by molar-refractivity contribution is 9.10. The summed E-state index contributed by atoms with van der Waals surface area (Å²) < 4.78 is 0.893. The Morgan fingerprint density at radius 2 is 1.55 bits per heavy atom. The standard InChI is InChI=1S/C16H16BrNO4/c17-14-6-2-12(3-7-14)16(20,10-1-11-19)13-4-8-15(9-5-13)18(21)22/h2-9,19-20H,1,10-11H2. The lowest BCUT2D eigenvalue weighted by Crippen LogP contribution is -2.27. The number of aliphatic hydroxyl groups is 2. The van der Waals surface area contributed by atoms with Crippen LogP contribution in [0.25, 0.3) is 0 Å². The molecule has 2 aromatic rings. The number of nitro benzene ring substituents is 1. The van der Waals surface area contributed by atoms with Crippen LogP contribution in [0.3, 0.4) is 0 Å². The molecule has 0 aliphatic heterocycles. The molecule has 0 bridgehead atoms. The summed E-state index contributed by atoms with van der Waals surface area (Å²) in [5.41, 5.74) is -0.0746. The van der Waals surface area contributed by atoms with Crippen LogP contribution in [-0.4, -0.2) is 21.7 Å². The van der Waals surface area contributed by atoms with Crippen molar-refractivity contribution in [2.24, 2.45) is 0 Å². The molecule has 0 aromatic heterocycles. The second-order valence-electron chi connectivity index (χ2n) is 5.00. The average molecular weight is 366 g/mol. The Morgan fingerprint density at radius 3 is 2.00 bits per heavy atom. The fourth-order valence-corrected chi connectivity index (χ4v) is 2.64. The molecular weight excluding hydrogens is 350 g/mol. The van der Waals surface area contributed by atoms with E-state index in [4.69, 9.17) is 5.11 Å². The molecule has 1 unspecified atom stereocenters. The van der Waals surface area contributed by atoms with Crippen molar-refractivity contribution in [3.63, 3.8) is 0 Å². The van der Waals surface area contributed by atoms with Gasteiger partial charge < -0.3 is 10.2 Å². The van der Waals surface area contributed by atoms with Gasteiger partial charge in [-0.2, -0.15) is 0 Å². The molecular formula is C16H16BrNO4. The van der Waals surface area contributed by atoms with Crippen molar-refractivity contribution in [1.82, 2.24) is 0 Å². The third-order valence-corrected chi connectivity index (χ3v) is 4.10. The molecule has 2 N–H and O–H groups in total. The summed E-state index contributed by atoms with van der Waals surface area (Å²) in [6.45, 7) is -0.0359. The number of aliphatic hydroxyl groups excluding tert-OH is 1. The SMILES string of the molecule is O=[N+]([O-])c1ccc(C(O)(CCCO)c2ccc(Br)cc2)cc1. The van der Waals surface area contributed by atoms with Gasteiger partial charge in [0, 0.05) is 23.2 Å². The summed E-state index contributed by atoms with van der Waals surface area (Å²) in [4.78, 5) is 10.3. The lowest BCUT2D eigenvalue weighted by Gasteiger charge is -2.29. The smallest absolute Gasteiger partial charge is 0.269 e. The predicted octanol–water partition coefficient (Wildman–Crippen LogP) is 3.37. The van der Waals surface area contributed by atoms with Gasteiger partial charge in [-0.05, 0) is 48.2 Å². The van der Waals surface area contributed by atoms with E-state index < -0.39 is 10.5 Å². The molecule has 0 aliphatic carbocycles. The topological polar surface area (TPSA) is 83.6 Å². The second-order valence-corrected chi connectivity index (χ2v) is 5.91. The number of halogens is 1. The van der Waals surface area contributed by atoms with Crippen molar-refractivity contribution < 1.29 is 15.1 Å². The van der Waals surface area contributed by atoms with Crippen LogP contribution in [0.15, 0.2) is 53.0 Å². The van der Waals surface area contributed by atoms with E-state index in [2.05, 4.69) is 15.9 Å². The fraction of sp³-hybridized carbons (Fsp3) is 0.250. The Balaban J connectivity index is 2.43. The summed E-state index contributed by atoms with van der Waals surface area (Å²) in [5.74, 6) is 0. The molecule has 0 fully saturated rings. The van der Waals surface area contributed by atoms with E-state index in [0.29, 0.717) is 24.0 Å². The first-order valence-electron chi connectivity index (χ1n) is 6.81. The predicted molar refractivity (Wildman–Crippen MR) is 86.6 cm³/mol. The number of nitrogens with zero attached hydrogens (tertiary/aromatic N) is 1. The molecule has 0 saturated carbocycles. The molecule has 1 atom stereocenters. The van der Waals surface area contributed by atoms with Gasteiger partial charge in [0.2, 0.25) is 0 Å². The fourth-order valence-electron chi connectivity index (χ4n) is 2.37. The van der Waals surface area contributed by atoms with Crippen molar-refractivity contribution in [2.45, 2.75) is 18.4 Å². The van der Waals surface area contributed by atoms with Crippen LogP contribution in [-0.2, 0) is 5.60 Å². The van der Waals surface area contributed by atoms with E-state index in [1.165, 1.54) is 12.1 Å². The minimum Gasteiger partial charge on any atom is -0.396 e. The third-order valence-electron chi connectivity index (χ3n) is 3.57. The van der Waals surface area contributed by atoms with Gasteiger partial charge in [-0.3, -0.25) is 10.1 Å². The number of hydrogen-bond acceptors (Lipinski definition) is 4. The molecule has 0 spiro atoms. The van der Waals surface area contributed by atoms with Crippen LogP contribution in [0.1, 0.15) is 24.0 Å². The maximum absolute atomic E-state index is 11.1. The Morgan fingerprint density at radius 1 is 1.05 bits per heavy atom. The molecule has 0 aliphatic rings. The summed E-state index contributed by atoms with van der Waals surface area (Å²) >= 11 is 3.35. The second kappa shape index (κ2) is 7.00. The van der Waals surface area contributed by atoms with E-state index in [-0.39, 0.29) is 12.3 Å². The first-order valence-corrected chi connectivity index (χ1v) is 7.61. The van der Waals surface area contributed by atoms with Gasteiger partial charge in [0.25, 0.3) is 5.69 Å². The van der Waals surface area contributed by atoms with Crippen LogP contribution >= 0.6 is 15.9 Å². The first-order chi connectivity index (χ1) is 10.5. The van der Waals surface area contributed by atoms with Crippen molar-refractivity contribution in [3.05, 3.63) is 74.2 Å². The molecule has 2 aromatic carbocycles. The molecule has 6 heteroatoms. The van der Waals surface area contributed by atoms with Gasteiger partial charge in [-0.1, -0.05) is 28.1 Å². The van der Waals surface area contributed by atoms with E-state index in [0.717, 1.165) is 4.47 Å². The molecule has 0 amide bonds. The van der Waals surface area contributed by atoms with E-state index in [9.17, 15) is 15.2 Å². The van der Waals surface area contributed by atoms with Crippen molar-refractivity contribution in [1.29, 1.82) is 0 Å². The highest BCUT2D eigenvalue weighted by Crippen LogP contribution is 2.35. The van der Waals surface area contributed by atoms with Gasteiger partial charge in [0.15, 0.2) is 0 Å². The molecule has 2 rings (SSSR count). The van der Waals surface area contributed by atoms with E-state index in [1.54, 1.807) is 24.3 Å². The molecule has 0 saturated heterocycles. The van der Waals surface area contributed by atoms with Gasteiger partial charge in [-0.15, -0.1) is 0 Å². The first kappa shape index (κ1) is 16.6. The molecule has 116 valence electrons. The zero-order valence-electron chi connectivity index (χ0n) is 11.8. The minimum absolute atomic E-state index is 0.0240. The number of rotatable bonds is 6. The summed E-state index contributed by atoms with van der Waals surface area (Å²) in [6.07, 6.45) is 0.743. The summed E-state index contributed by atoms with van der Waals surface area (Å²) in [5, 5.41) is 30.9. The number of nitro groups is 1. The van der Waals surface area contributed by atoms with Gasteiger partial charge >= 0.3 is 0 Å². The molecule has 22 heavy (non-hydrogen) atoms. The van der Waals surface area contributed by atoms with E-state index in [1.807, 2.05) is 12.1 Å². The Labute approximate surface area is 136 Å². The summed E-state index contributed by atoms with van der Waals surface area (Å²) in [7, 11) is 0. The van der Waals surface area contributed by atoms with Crippen LogP contribution in [0.4, 0.5) is 5.69 Å². The maximum atomic E-state index is 11.1. The van der Waals surface area contributed by atoms with Gasteiger partial charge in [0.05, 0.1) is 4.92 Å². The lowest BCUT2D eigenvalue weighted by molar-refractivity contribution is -0.384. The Hall–Kier alpha value is -1.76. The molecule has 0 heterocycles. The minimum atomic E-state index is -1.29. The number of non-ortho nitro benzene ring substituents is 1. The third kappa shape index (κ3) is 3.52.